The van der Waals surface area contributed by atoms with Gasteiger partial charge in [-0.1, -0.05) is 6.92 Å². The van der Waals surface area contributed by atoms with Gasteiger partial charge in [-0.3, -0.25) is 0 Å². The van der Waals surface area contributed by atoms with Crippen LogP contribution in [0.3, 0.4) is 0 Å². The third-order valence-electron chi connectivity index (χ3n) is 3.12. The van der Waals surface area contributed by atoms with Crippen molar-refractivity contribution in [3.05, 3.63) is 29.3 Å². The summed E-state index contributed by atoms with van der Waals surface area (Å²) in [5.41, 5.74) is 1.88. The molecular formula is C15H21N3O2S. The second-order valence-corrected chi connectivity index (χ2v) is 5.41. The van der Waals surface area contributed by atoms with Crippen LogP contribution in [0.2, 0.25) is 0 Å². The molecule has 2 N–H and O–H groups in total. The molecule has 1 aromatic heterocycles. The zero-order valence-corrected chi connectivity index (χ0v) is 13.6. The molecule has 0 saturated carbocycles. The minimum absolute atomic E-state index is 0.244. The van der Waals surface area contributed by atoms with E-state index in [2.05, 4.69) is 34.8 Å². The van der Waals surface area contributed by atoms with E-state index in [9.17, 15) is 0 Å². The molecule has 0 radical (unpaired) electrons. The van der Waals surface area contributed by atoms with E-state index in [0.29, 0.717) is 0 Å². The predicted octanol–water partition coefficient (Wildman–Crippen LogP) is 3.57. The van der Waals surface area contributed by atoms with Crippen LogP contribution < -0.4 is 20.1 Å². The minimum atomic E-state index is 0.244. The number of benzene rings is 1. The van der Waals surface area contributed by atoms with Crippen LogP contribution in [0.4, 0.5) is 10.8 Å². The fourth-order valence-electron chi connectivity index (χ4n) is 1.98. The highest BCUT2D eigenvalue weighted by molar-refractivity contribution is 7.13. The molecule has 6 heteroatoms. The summed E-state index contributed by atoms with van der Waals surface area (Å²) in [5, 5.41) is 9.53. The lowest BCUT2D eigenvalue weighted by molar-refractivity contribution is 0.405. The van der Waals surface area contributed by atoms with Crippen molar-refractivity contribution >= 4 is 22.2 Å². The Kier molecular flexibility index (Phi) is 5.41. The van der Waals surface area contributed by atoms with Crippen molar-refractivity contribution in [2.45, 2.75) is 19.9 Å². The smallest absolute Gasteiger partial charge is 0.187 e. The Labute approximate surface area is 129 Å². The van der Waals surface area contributed by atoms with Crippen LogP contribution in [-0.2, 0) is 0 Å². The quantitative estimate of drug-likeness (QED) is 0.819. The monoisotopic (exact) mass is 307 g/mol. The zero-order chi connectivity index (χ0) is 15.2. The standard InChI is InChI=1S/C15H21N3O2S/c1-5-16-10(2)13-9-21-15(18-13)17-12-8-11(19-3)6-7-14(12)20-4/h6-10,16H,5H2,1-4H3,(H,17,18). The first-order chi connectivity index (χ1) is 10.2. The number of anilines is 2. The minimum Gasteiger partial charge on any atom is -0.497 e. The highest BCUT2D eigenvalue weighted by Crippen LogP contribution is 2.33. The average Bonchev–Trinajstić information content (AvgIpc) is 2.96. The molecule has 21 heavy (non-hydrogen) atoms. The second kappa shape index (κ2) is 7.28. The van der Waals surface area contributed by atoms with Gasteiger partial charge in [-0.25, -0.2) is 4.98 Å². The van der Waals surface area contributed by atoms with Crippen molar-refractivity contribution in [3.8, 4) is 11.5 Å². The van der Waals surface area contributed by atoms with E-state index in [1.807, 2.05) is 18.2 Å². The summed E-state index contributed by atoms with van der Waals surface area (Å²) in [5.74, 6) is 1.53. The molecule has 0 aliphatic carbocycles. The molecule has 1 heterocycles. The number of hydrogen-bond acceptors (Lipinski definition) is 6. The molecule has 114 valence electrons. The van der Waals surface area contributed by atoms with Gasteiger partial charge in [0.25, 0.3) is 0 Å². The Morgan fingerprint density at radius 3 is 2.76 bits per heavy atom. The topological polar surface area (TPSA) is 55.4 Å². The molecule has 0 fully saturated rings. The Bertz CT molecular complexity index is 586. The Morgan fingerprint density at radius 2 is 2.10 bits per heavy atom. The van der Waals surface area contributed by atoms with Gasteiger partial charge in [0.15, 0.2) is 5.13 Å². The molecule has 0 aliphatic heterocycles. The fourth-order valence-corrected chi connectivity index (χ4v) is 2.80. The highest BCUT2D eigenvalue weighted by Gasteiger charge is 2.11. The largest absolute Gasteiger partial charge is 0.497 e. The second-order valence-electron chi connectivity index (χ2n) is 4.55. The molecular weight excluding hydrogens is 286 g/mol. The maximum atomic E-state index is 5.36. The molecule has 0 amide bonds. The number of thiazole rings is 1. The summed E-state index contributed by atoms with van der Waals surface area (Å²) >= 11 is 1.57. The lowest BCUT2D eigenvalue weighted by Crippen LogP contribution is -2.17. The number of rotatable bonds is 7. The summed E-state index contributed by atoms with van der Waals surface area (Å²) in [7, 11) is 3.29. The Balaban J connectivity index is 2.18. The Morgan fingerprint density at radius 1 is 1.29 bits per heavy atom. The van der Waals surface area contributed by atoms with Gasteiger partial charge in [-0.15, -0.1) is 11.3 Å². The summed E-state index contributed by atoms with van der Waals surface area (Å²) in [6.45, 7) is 5.11. The molecule has 0 bridgehead atoms. The van der Waals surface area contributed by atoms with Crippen molar-refractivity contribution in [1.29, 1.82) is 0 Å². The third-order valence-corrected chi connectivity index (χ3v) is 3.90. The van der Waals surface area contributed by atoms with Gasteiger partial charge in [-0.05, 0) is 25.6 Å². The highest BCUT2D eigenvalue weighted by atomic mass is 32.1. The van der Waals surface area contributed by atoms with E-state index in [1.54, 1.807) is 25.6 Å². The van der Waals surface area contributed by atoms with E-state index in [-0.39, 0.29) is 6.04 Å². The van der Waals surface area contributed by atoms with Crippen LogP contribution in [0.1, 0.15) is 25.6 Å². The number of hydrogen-bond donors (Lipinski definition) is 2. The van der Waals surface area contributed by atoms with E-state index >= 15 is 0 Å². The SMILES string of the molecule is CCNC(C)c1csc(Nc2cc(OC)ccc2OC)n1. The van der Waals surface area contributed by atoms with Crippen LogP contribution in [0, 0.1) is 0 Å². The number of nitrogens with one attached hydrogen (secondary N) is 2. The lowest BCUT2D eigenvalue weighted by Gasteiger charge is -2.11. The molecule has 5 nitrogen and oxygen atoms in total. The molecule has 2 aromatic rings. The first-order valence-corrected chi connectivity index (χ1v) is 7.73. The van der Waals surface area contributed by atoms with Crippen LogP contribution in [0.5, 0.6) is 11.5 Å². The maximum Gasteiger partial charge on any atom is 0.187 e. The fraction of sp³-hybridized carbons (Fsp3) is 0.400. The van der Waals surface area contributed by atoms with Gasteiger partial charge >= 0.3 is 0 Å². The van der Waals surface area contributed by atoms with E-state index < -0.39 is 0 Å². The van der Waals surface area contributed by atoms with Crippen molar-refractivity contribution in [3.63, 3.8) is 0 Å². The van der Waals surface area contributed by atoms with Gasteiger partial charge in [0, 0.05) is 17.5 Å². The number of nitrogens with zero attached hydrogens (tertiary/aromatic N) is 1. The van der Waals surface area contributed by atoms with E-state index in [0.717, 1.165) is 34.6 Å². The third kappa shape index (κ3) is 3.86. The normalized spacial score (nSPS) is 12.0. The molecule has 2 rings (SSSR count). The summed E-state index contributed by atoms with van der Waals surface area (Å²) in [4.78, 5) is 4.60. The van der Waals surface area contributed by atoms with Crippen molar-refractivity contribution in [2.75, 3.05) is 26.1 Å². The van der Waals surface area contributed by atoms with Crippen LogP contribution >= 0.6 is 11.3 Å². The zero-order valence-electron chi connectivity index (χ0n) is 12.8. The van der Waals surface area contributed by atoms with Gasteiger partial charge in [0.1, 0.15) is 11.5 Å². The predicted molar refractivity (Wildman–Crippen MR) is 87.0 cm³/mol. The molecule has 1 aromatic carbocycles. The number of aromatic nitrogens is 1. The summed E-state index contributed by atoms with van der Waals surface area (Å²) < 4.78 is 10.6. The lowest BCUT2D eigenvalue weighted by atomic mass is 10.2. The van der Waals surface area contributed by atoms with E-state index in [4.69, 9.17) is 9.47 Å². The van der Waals surface area contributed by atoms with E-state index in [1.165, 1.54) is 0 Å². The van der Waals surface area contributed by atoms with Crippen molar-refractivity contribution in [2.24, 2.45) is 0 Å². The average molecular weight is 307 g/mol. The summed E-state index contributed by atoms with van der Waals surface area (Å²) in [6.07, 6.45) is 0. The van der Waals surface area contributed by atoms with Crippen LogP contribution in [-0.4, -0.2) is 25.7 Å². The number of ether oxygens (including phenoxy) is 2. The van der Waals surface area contributed by atoms with Gasteiger partial charge in [-0.2, -0.15) is 0 Å². The number of methoxy groups -OCH3 is 2. The van der Waals surface area contributed by atoms with Crippen molar-refractivity contribution in [1.82, 2.24) is 10.3 Å². The molecule has 0 aliphatic rings. The molecule has 0 saturated heterocycles. The van der Waals surface area contributed by atoms with Gasteiger partial charge in [0.05, 0.1) is 25.6 Å². The summed E-state index contributed by atoms with van der Waals surface area (Å²) in [6, 6.07) is 5.88. The van der Waals surface area contributed by atoms with Crippen LogP contribution in [0.25, 0.3) is 0 Å². The first-order valence-electron chi connectivity index (χ1n) is 6.85. The molecule has 1 unspecified atom stereocenters. The van der Waals surface area contributed by atoms with Gasteiger partial charge < -0.3 is 20.1 Å². The molecule has 1 atom stereocenters. The molecule has 0 spiro atoms. The van der Waals surface area contributed by atoms with Crippen LogP contribution in [0.15, 0.2) is 23.6 Å². The maximum absolute atomic E-state index is 5.36. The Hall–Kier alpha value is -1.79. The van der Waals surface area contributed by atoms with Gasteiger partial charge in [0.2, 0.25) is 0 Å². The first kappa shape index (κ1) is 15.6. The van der Waals surface area contributed by atoms with Crippen molar-refractivity contribution < 1.29 is 9.47 Å².